The molecule has 0 saturated heterocycles. The lowest BCUT2D eigenvalue weighted by Crippen LogP contribution is -2.08. The third-order valence-electron chi connectivity index (χ3n) is 2.22. The van der Waals surface area contributed by atoms with Crippen LogP contribution in [-0.2, 0) is 6.54 Å². The zero-order valence-electron chi connectivity index (χ0n) is 9.60. The second-order valence-electron chi connectivity index (χ2n) is 3.69. The first kappa shape index (κ1) is 11.1. The number of aryl methyl sites for hydroxylation is 1. The van der Waals surface area contributed by atoms with Crippen molar-refractivity contribution in [2.75, 3.05) is 11.9 Å². The normalized spacial score (nSPS) is 10.6. The predicted molar refractivity (Wildman–Crippen MR) is 67.0 cm³/mol. The van der Waals surface area contributed by atoms with E-state index in [0.717, 1.165) is 36.2 Å². The second-order valence-corrected chi connectivity index (χ2v) is 4.67. The van der Waals surface area contributed by atoms with Crippen molar-refractivity contribution >= 4 is 17.3 Å². The highest BCUT2D eigenvalue weighted by Gasteiger charge is 2.06. The summed E-state index contributed by atoms with van der Waals surface area (Å²) in [6, 6.07) is 0. The molecule has 2 rings (SSSR count). The summed E-state index contributed by atoms with van der Waals surface area (Å²) in [7, 11) is 0. The molecule has 16 heavy (non-hydrogen) atoms. The van der Waals surface area contributed by atoms with Crippen LogP contribution < -0.4 is 5.32 Å². The van der Waals surface area contributed by atoms with Crippen LogP contribution in [0.5, 0.6) is 0 Å². The summed E-state index contributed by atoms with van der Waals surface area (Å²) in [6.07, 6.45) is 4.99. The van der Waals surface area contributed by atoms with Crippen LogP contribution in [0.1, 0.15) is 24.0 Å². The molecule has 0 aliphatic rings. The Kier molecular flexibility index (Phi) is 3.56. The Hall–Kier alpha value is -1.36. The Balaban J connectivity index is 2.12. The van der Waals surface area contributed by atoms with Gasteiger partial charge in [-0.1, -0.05) is 6.92 Å². The van der Waals surface area contributed by atoms with Gasteiger partial charge in [0, 0.05) is 24.3 Å². The third kappa shape index (κ3) is 2.61. The number of hydrogen-bond donors (Lipinski definition) is 1. The van der Waals surface area contributed by atoms with E-state index in [-0.39, 0.29) is 0 Å². The highest BCUT2D eigenvalue weighted by molar-refractivity contribution is 7.09. The molecule has 0 amide bonds. The second kappa shape index (κ2) is 5.12. The summed E-state index contributed by atoms with van der Waals surface area (Å²) in [6.45, 7) is 5.91. The maximum Gasteiger partial charge on any atom is 0.203 e. The maximum absolute atomic E-state index is 4.46. The fourth-order valence-corrected chi connectivity index (χ4v) is 2.14. The molecular formula is C11H16N4S. The van der Waals surface area contributed by atoms with Gasteiger partial charge in [-0.2, -0.15) is 0 Å². The number of anilines is 1. The number of imidazole rings is 1. The number of rotatable bonds is 5. The van der Waals surface area contributed by atoms with Crippen LogP contribution in [0.4, 0.5) is 5.95 Å². The summed E-state index contributed by atoms with van der Waals surface area (Å²) in [5.74, 6) is 0.939. The van der Waals surface area contributed by atoms with Gasteiger partial charge in [0.1, 0.15) is 5.01 Å². The van der Waals surface area contributed by atoms with E-state index in [1.807, 2.05) is 18.5 Å². The molecule has 4 nitrogen and oxygen atoms in total. The molecule has 0 bridgehead atoms. The molecule has 0 spiro atoms. The molecule has 5 heteroatoms. The minimum Gasteiger partial charge on any atom is -0.356 e. The predicted octanol–water partition coefficient (Wildman–Crippen LogP) is 2.52. The average molecular weight is 236 g/mol. The summed E-state index contributed by atoms with van der Waals surface area (Å²) < 4.78 is 2.11. The number of nitrogens with zero attached hydrogens (tertiary/aromatic N) is 3. The van der Waals surface area contributed by atoms with Crippen LogP contribution in [0.3, 0.4) is 0 Å². The van der Waals surface area contributed by atoms with E-state index in [9.17, 15) is 0 Å². The summed E-state index contributed by atoms with van der Waals surface area (Å²) in [5, 5.41) is 6.43. The molecule has 0 unspecified atom stereocenters. The van der Waals surface area contributed by atoms with E-state index in [1.54, 1.807) is 11.3 Å². The van der Waals surface area contributed by atoms with Crippen molar-refractivity contribution in [1.29, 1.82) is 0 Å². The first-order valence-corrected chi connectivity index (χ1v) is 6.33. The van der Waals surface area contributed by atoms with Crippen molar-refractivity contribution in [2.24, 2.45) is 0 Å². The smallest absolute Gasteiger partial charge is 0.203 e. The van der Waals surface area contributed by atoms with E-state index >= 15 is 0 Å². The Morgan fingerprint density at radius 3 is 3.06 bits per heavy atom. The van der Waals surface area contributed by atoms with Crippen LogP contribution in [0.2, 0.25) is 0 Å². The van der Waals surface area contributed by atoms with Crippen molar-refractivity contribution in [3.63, 3.8) is 0 Å². The Bertz CT molecular complexity index is 433. The molecule has 0 saturated carbocycles. The van der Waals surface area contributed by atoms with Crippen molar-refractivity contribution in [2.45, 2.75) is 26.8 Å². The van der Waals surface area contributed by atoms with Gasteiger partial charge in [-0.05, 0) is 13.3 Å². The minimum absolute atomic E-state index is 0.796. The standard InChI is InChI=1S/C11H16N4S/c1-3-4-13-11-14-9(2)7-15(11)8-10-12-5-6-16-10/h5-7H,3-4,8H2,1-2H3,(H,13,14). The van der Waals surface area contributed by atoms with Gasteiger partial charge in [0.25, 0.3) is 0 Å². The van der Waals surface area contributed by atoms with Gasteiger partial charge >= 0.3 is 0 Å². The summed E-state index contributed by atoms with van der Waals surface area (Å²) in [5.41, 5.74) is 1.04. The minimum atomic E-state index is 0.796. The third-order valence-corrected chi connectivity index (χ3v) is 2.98. The van der Waals surface area contributed by atoms with Gasteiger partial charge in [0.05, 0.1) is 12.2 Å². The number of nitrogens with one attached hydrogen (secondary N) is 1. The highest BCUT2D eigenvalue weighted by atomic mass is 32.1. The highest BCUT2D eigenvalue weighted by Crippen LogP contribution is 2.13. The monoisotopic (exact) mass is 236 g/mol. The summed E-state index contributed by atoms with van der Waals surface area (Å²) in [4.78, 5) is 8.74. The molecule has 2 heterocycles. The Labute approximate surface area is 99.4 Å². The quantitative estimate of drug-likeness (QED) is 0.867. The van der Waals surface area contributed by atoms with Crippen molar-refractivity contribution in [3.8, 4) is 0 Å². The maximum atomic E-state index is 4.46. The van der Waals surface area contributed by atoms with Gasteiger partial charge in [0.15, 0.2) is 0 Å². The lowest BCUT2D eigenvalue weighted by atomic mass is 10.5. The van der Waals surface area contributed by atoms with E-state index in [4.69, 9.17) is 0 Å². The fraction of sp³-hybridized carbons (Fsp3) is 0.455. The Morgan fingerprint density at radius 1 is 1.50 bits per heavy atom. The molecule has 0 aliphatic carbocycles. The molecule has 0 fully saturated rings. The lowest BCUT2D eigenvalue weighted by molar-refractivity contribution is 0.786. The van der Waals surface area contributed by atoms with Gasteiger partial charge in [-0.3, -0.25) is 0 Å². The van der Waals surface area contributed by atoms with E-state index in [1.165, 1.54) is 0 Å². The number of hydrogen-bond acceptors (Lipinski definition) is 4. The molecule has 0 atom stereocenters. The van der Waals surface area contributed by atoms with E-state index < -0.39 is 0 Å². The van der Waals surface area contributed by atoms with Crippen LogP contribution in [-0.4, -0.2) is 21.1 Å². The molecule has 0 aromatic carbocycles. The topological polar surface area (TPSA) is 42.7 Å². The largest absolute Gasteiger partial charge is 0.356 e. The van der Waals surface area contributed by atoms with Crippen LogP contribution >= 0.6 is 11.3 Å². The van der Waals surface area contributed by atoms with Gasteiger partial charge in [0.2, 0.25) is 5.95 Å². The summed E-state index contributed by atoms with van der Waals surface area (Å²) >= 11 is 1.67. The zero-order valence-corrected chi connectivity index (χ0v) is 10.4. The van der Waals surface area contributed by atoms with E-state index in [0.29, 0.717) is 0 Å². The first-order valence-electron chi connectivity index (χ1n) is 5.45. The molecule has 0 radical (unpaired) electrons. The number of thiazole rings is 1. The average Bonchev–Trinajstić information content (AvgIpc) is 2.86. The van der Waals surface area contributed by atoms with Gasteiger partial charge < -0.3 is 9.88 Å². The van der Waals surface area contributed by atoms with Crippen molar-refractivity contribution < 1.29 is 0 Å². The molecule has 86 valence electrons. The molecule has 0 aliphatic heterocycles. The van der Waals surface area contributed by atoms with Gasteiger partial charge in [-0.15, -0.1) is 11.3 Å². The van der Waals surface area contributed by atoms with Crippen molar-refractivity contribution in [1.82, 2.24) is 14.5 Å². The van der Waals surface area contributed by atoms with Crippen LogP contribution in [0.25, 0.3) is 0 Å². The Morgan fingerprint density at radius 2 is 2.38 bits per heavy atom. The lowest BCUT2D eigenvalue weighted by Gasteiger charge is -2.06. The van der Waals surface area contributed by atoms with E-state index in [2.05, 4.69) is 33.0 Å². The molecule has 2 aromatic heterocycles. The number of aromatic nitrogens is 3. The fourth-order valence-electron chi connectivity index (χ4n) is 1.52. The van der Waals surface area contributed by atoms with Gasteiger partial charge in [-0.25, -0.2) is 9.97 Å². The molecule has 2 aromatic rings. The van der Waals surface area contributed by atoms with Crippen LogP contribution in [0.15, 0.2) is 17.8 Å². The molecule has 1 N–H and O–H groups in total. The van der Waals surface area contributed by atoms with Crippen molar-refractivity contribution in [3.05, 3.63) is 28.5 Å². The molecular weight excluding hydrogens is 220 g/mol. The van der Waals surface area contributed by atoms with Crippen LogP contribution in [0, 0.1) is 6.92 Å². The zero-order chi connectivity index (χ0) is 11.4. The first-order chi connectivity index (χ1) is 7.79. The SMILES string of the molecule is CCCNc1nc(C)cn1Cc1nccs1.